The summed E-state index contributed by atoms with van der Waals surface area (Å²) in [4.78, 5) is 17.9. The average molecular weight is 644 g/mol. The van der Waals surface area contributed by atoms with Gasteiger partial charge in [-0.15, -0.1) is 23.1 Å². The quantitative estimate of drug-likeness (QED) is 0.126. The predicted molar refractivity (Wildman–Crippen MR) is 175 cm³/mol. The molecule has 0 saturated carbocycles. The molecular formula is C36H28F3NO3S2. The van der Waals surface area contributed by atoms with E-state index in [0.29, 0.717) is 22.7 Å². The largest absolute Gasteiger partial charge is 0.482 e. The smallest absolute Gasteiger partial charge is 0.416 e. The summed E-state index contributed by atoms with van der Waals surface area (Å²) in [6.45, 7) is 3.41. The lowest BCUT2D eigenvalue weighted by atomic mass is 9.93. The number of carbonyl (C=O) groups is 1. The van der Waals surface area contributed by atoms with E-state index in [-0.39, 0.29) is 5.25 Å². The number of alkyl halides is 3. The van der Waals surface area contributed by atoms with E-state index in [2.05, 4.69) is 30.3 Å². The van der Waals surface area contributed by atoms with Crippen LogP contribution in [0.2, 0.25) is 0 Å². The number of halogens is 3. The highest BCUT2D eigenvalue weighted by Crippen LogP contribution is 2.46. The molecule has 1 aromatic heterocycles. The Kier molecular flexibility index (Phi) is 8.57. The molecule has 0 bridgehead atoms. The summed E-state index contributed by atoms with van der Waals surface area (Å²) in [5.41, 5.74) is 2.81. The summed E-state index contributed by atoms with van der Waals surface area (Å²) >= 11 is 3.18. The SMILES string of the molecule is Cc1cc(SC(Cc2c3ccccc3cc3ccccc23)c2sc(-c3ccc(C(F)(F)F)cc3)nc2C)ccc1OCC(=O)O. The van der Waals surface area contributed by atoms with Gasteiger partial charge in [-0.25, -0.2) is 9.78 Å². The fourth-order valence-corrected chi connectivity index (χ4v) is 8.08. The van der Waals surface area contributed by atoms with Gasteiger partial charge in [-0.3, -0.25) is 0 Å². The van der Waals surface area contributed by atoms with Crippen LogP contribution in [0.5, 0.6) is 5.75 Å². The van der Waals surface area contributed by atoms with Gasteiger partial charge in [0.1, 0.15) is 10.8 Å². The van der Waals surface area contributed by atoms with Crippen molar-refractivity contribution >= 4 is 50.6 Å². The van der Waals surface area contributed by atoms with Gasteiger partial charge in [-0.2, -0.15) is 13.2 Å². The van der Waals surface area contributed by atoms with E-state index in [1.165, 1.54) is 39.8 Å². The maximum Gasteiger partial charge on any atom is 0.416 e. The van der Waals surface area contributed by atoms with Crippen LogP contribution in [-0.4, -0.2) is 22.7 Å². The van der Waals surface area contributed by atoms with E-state index in [9.17, 15) is 18.0 Å². The summed E-state index contributed by atoms with van der Waals surface area (Å²) < 4.78 is 45.1. The molecule has 228 valence electrons. The van der Waals surface area contributed by atoms with Gasteiger partial charge >= 0.3 is 12.1 Å². The molecule has 0 radical (unpaired) electrons. The number of carboxylic acid groups (broad SMARTS) is 1. The minimum Gasteiger partial charge on any atom is -0.482 e. The molecule has 0 aliphatic carbocycles. The first-order chi connectivity index (χ1) is 21.6. The summed E-state index contributed by atoms with van der Waals surface area (Å²) in [5.74, 6) is -0.531. The van der Waals surface area contributed by atoms with Gasteiger partial charge in [-0.05, 0) is 89.3 Å². The minimum atomic E-state index is -4.40. The first-order valence-electron chi connectivity index (χ1n) is 14.2. The van der Waals surface area contributed by atoms with Crippen LogP contribution in [0, 0.1) is 13.8 Å². The van der Waals surface area contributed by atoms with E-state index in [1.807, 2.05) is 50.2 Å². The highest BCUT2D eigenvalue weighted by atomic mass is 32.2. The van der Waals surface area contributed by atoms with Gasteiger partial charge in [0.15, 0.2) is 6.61 Å². The Hall–Kier alpha value is -4.34. The second-order valence-electron chi connectivity index (χ2n) is 10.8. The van der Waals surface area contributed by atoms with Crippen molar-refractivity contribution in [3.63, 3.8) is 0 Å². The molecule has 45 heavy (non-hydrogen) atoms. The zero-order valence-corrected chi connectivity index (χ0v) is 26.0. The number of thiazole rings is 1. The molecular weight excluding hydrogens is 616 g/mol. The predicted octanol–water partition coefficient (Wildman–Crippen LogP) is 10.3. The number of aryl methyl sites for hydroxylation is 2. The molecule has 1 atom stereocenters. The van der Waals surface area contributed by atoms with Crippen LogP contribution in [0.25, 0.3) is 32.1 Å². The molecule has 6 aromatic rings. The van der Waals surface area contributed by atoms with Gasteiger partial charge < -0.3 is 9.84 Å². The molecule has 1 heterocycles. The lowest BCUT2D eigenvalue weighted by Gasteiger charge is -2.20. The maximum absolute atomic E-state index is 13.2. The van der Waals surface area contributed by atoms with Gasteiger partial charge in [0.05, 0.1) is 11.3 Å². The first kappa shape index (κ1) is 30.7. The highest BCUT2D eigenvalue weighted by molar-refractivity contribution is 7.99. The van der Waals surface area contributed by atoms with Crippen molar-refractivity contribution < 1.29 is 27.8 Å². The highest BCUT2D eigenvalue weighted by Gasteiger charge is 2.30. The third-order valence-electron chi connectivity index (χ3n) is 7.63. The molecule has 0 spiro atoms. The van der Waals surface area contributed by atoms with Crippen LogP contribution >= 0.6 is 23.1 Å². The number of hydrogen-bond acceptors (Lipinski definition) is 5. The number of carboxylic acids is 1. The first-order valence-corrected chi connectivity index (χ1v) is 15.9. The monoisotopic (exact) mass is 643 g/mol. The number of hydrogen-bond donors (Lipinski definition) is 1. The molecule has 9 heteroatoms. The number of benzene rings is 5. The summed E-state index contributed by atoms with van der Waals surface area (Å²) in [6, 6.07) is 29.7. The van der Waals surface area contributed by atoms with E-state index in [4.69, 9.17) is 14.8 Å². The van der Waals surface area contributed by atoms with Crippen LogP contribution in [0.3, 0.4) is 0 Å². The zero-order valence-electron chi connectivity index (χ0n) is 24.4. The van der Waals surface area contributed by atoms with Gasteiger partial charge in [0, 0.05) is 20.6 Å². The second kappa shape index (κ2) is 12.6. The number of rotatable bonds is 9. The standard InChI is InChI=1S/C36H28F3NO3S2/c1-21-17-27(15-16-31(21)43-20-33(41)42)44-32(19-30-28-9-5-3-7-24(28)18-25-8-4-6-10-29(25)30)34-22(2)40-35(45-34)23-11-13-26(14-12-23)36(37,38)39/h3-18,32H,19-20H2,1-2H3,(H,41,42). The number of aromatic nitrogens is 1. The molecule has 0 saturated heterocycles. The summed E-state index contributed by atoms with van der Waals surface area (Å²) in [5, 5.41) is 14.3. The summed E-state index contributed by atoms with van der Waals surface area (Å²) in [6.07, 6.45) is -3.73. The lowest BCUT2D eigenvalue weighted by molar-refractivity contribution is -0.139. The van der Waals surface area contributed by atoms with E-state index in [1.54, 1.807) is 17.8 Å². The minimum absolute atomic E-state index is 0.0786. The topological polar surface area (TPSA) is 59.4 Å². The average Bonchev–Trinajstić information content (AvgIpc) is 3.41. The van der Waals surface area contributed by atoms with Crippen molar-refractivity contribution in [3.05, 3.63) is 124 Å². The summed E-state index contributed by atoms with van der Waals surface area (Å²) in [7, 11) is 0. The Bertz CT molecular complexity index is 1970. The van der Waals surface area contributed by atoms with Gasteiger partial charge in [0.25, 0.3) is 0 Å². The van der Waals surface area contributed by atoms with E-state index < -0.39 is 24.3 Å². The molecule has 1 unspecified atom stereocenters. The van der Waals surface area contributed by atoms with E-state index in [0.717, 1.165) is 43.9 Å². The second-order valence-corrected chi connectivity index (χ2v) is 13.1. The molecule has 0 amide bonds. The molecule has 6 rings (SSSR count). The fourth-order valence-electron chi connectivity index (χ4n) is 5.49. The van der Waals surface area contributed by atoms with Gasteiger partial charge in [0.2, 0.25) is 0 Å². The van der Waals surface area contributed by atoms with Crippen LogP contribution < -0.4 is 4.74 Å². The van der Waals surface area contributed by atoms with Crippen LogP contribution in [0.15, 0.2) is 102 Å². The molecule has 1 N–H and O–H groups in total. The van der Waals surface area contributed by atoms with Crippen LogP contribution in [0.4, 0.5) is 13.2 Å². The molecule has 0 aliphatic rings. The van der Waals surface area contributed by atoms with Crippen LogP contribution in [-0.2, 0) is 17.4 Å². The number of thioether (sulfide) groups is 1. The Labute approximate surface area is 266 Å². The fraction of sp³-hybridized carbons (Fsp3) is 0.167. The van der Waals surface area contributed by atoms with Crippen molar-refractivity contribution in [1.29, 1.82) is 0 Å². The molecule has 0 fully saturated rings. The number of ether oxygens (including phenoxy) is 1. The Morgan fingerprint density at radius 1 is 0.911 bits per heavy atom. The van der Waals surface area contributed by atoms with Crippen molar-refractivity contribution in [2.45, 2.75) is 36.6 Å². The van der Waals surface area contributed by atoms with Crippen molar-refractivity contribution in [3.8, 4) is 16.3 Å². The Morgan fingerprint density at radius 2 is 1.56 bits per heavy atom. The third kappa shape index (κ3) is 6.70. The van der Waals surface area contributed by atoms with Crippen LogP contribution in [0.1, 0.15) is 32.5 Å². The molecule has 0 aliphatic heterocycles. The van der Waals surface area contributed by atoms with Gasteiger partial charge in [-0.1, -0.05) is 60.7 Å². The normalized spacial score (nSPS) is 12.5. The van der Waals surface area contributed by atoms with Crippen molar-refractivity contribution in [1.82, 2.24) is 4.98 Å². The maximum atomic E-state index is 13.2. The van der Waals surface area contributed by atoms with Crippen molar-refractivity contribution in [2.75, 3.05) is 6.61 Å². The number of fused-ring (bicyclic) bond motifs is 2. The Balaban J connectivity index is 1.43. The van der Waals surface area contributed by atoms with E-state index >= 15 is 0 Å². The lowest BCUT2D eigenvalue weighted by Crippen LogP contribution is -2.10. The Morgan fingerprint density at radius 3 is 2.16 bits per heavy atom. The zero-order chi connectivity index (χ0) is 31.7. The molecule has 5 aromatic carbocycles. The number of aliphatic carboxylic acids is 1. The number of nitrogens with zero attached hydrogens (tertiary/aromatic N) is 1. The third-order valence-corrected chi connectivity index (χ3v) is 10.3. The van der Waals surface area contributed by atoms with Crippen molar-refractivity contribution in [2.24, 2.45) is 0 Å². The molecule has 4 nitrogen and oxygen atoms in total.